The van der Waals surface area contributed by atoms with Crippen molar-refractivity contribution in [2.75, 3.05) is 6.54 Å². The number of nitrogens with one attached hydrogen (secondary N) is 1. The molecule has 0 atom stereocenters. The first kappa shape index (κ1) is 14.6. The largest absolute Gasteiger partial charge is 0.340 e. The molecular formula is C16H22N2O2S. The lowest BCUT2D eigenvalue weighted by atomic mass is 9.85. The summed E-state index contributed by atoms with van der Waals surface area (Å²) in [4.78, 5) is 27.3. The predicted molar refractivity (Wildman–Crippen MR) is 83.2 cm³/mol. The second kappa shape index (κ2) is 5.13. The Labute approximate surface area is 129 Å². The van der Waals surface area contributed by atoms with Crippen LogP contribution >= 0.6 is 11.3 Å². The molecule has 0 radical (unpaired) electrons. The van der Waals surface area contributed by atoms with E-state index in [1.807, 2.05) is 19.2 Å². The smallest absolute Gasteiger partial charge is 0.249 e. The summed E-state index contributed by atoms with van der Waals surface area (Å²) in [5.74, 6) is 0.0918. The summed E-state index contributed by atoms with van der Waals surface area (Å²) in [7, 11) is 0. The second-order valence-corrected chi connectivity index (χ2v) is 7.42. The minimum Gasteiger partial charge on any atom is -0.340 e. The number of carbonyl (C=O) groups is 2. The number of carbonyl (C=O) groups excluding carboxylic acids is 2. The van der Waals surface area contributed by atoms with Crippen LogP contribution in [0.3, 0.4) is 0 Å². The fraction of sp³-hybridized carbons (Fsp3) is 0.625. The molecule has 2 aliphatic rings. The van der Waals surface area contributed by atoms with Gasteiger partial charge in [-0.25, -0.2) is 0 Å². The molecule has 1 aromatic rings. The molecule has 3 rings (SSSR count). The number of hydrogen-bond acceptors (Lipinski definition) is 3. The lowest BCUT2D eigenvalue weighted by Gasteiger charge is -2.48. The highest BCUT2D eigenvalue weighted by atomic mass is 32.1. The van der Waals surface area contributed by atoms with E-state index in [1.54, 1.807) is 16.2 Å². The van der Waals surface area contributed by atoms with E-state index in [2.05, 4.69) is 16.8 Å². The molecular weight excluding hydrogens is 284 g/mol. The molecule has 5 heteroatoms. The highest BCUT2D eigenvalue weighted by molar-refractivity contribution is 7.07. The van der Waals surface area contributed by atoms with Crippen LogP contribution in [0.5, 0.6) is 0 Å². The number of rotatable bonds is 3. The maximum absolute atomic E-state index is 13.0. The Morgan fingerprint density at radius 1 is 1.29 bits per heavy atom. The standard InChI is InChI=1S/C16H22N2O2S/c1-15(2)13(19)17-16(7-3-4-8-16)14(20)18(15)9-5-12-6-10-21-11-12/h6,10-11H,3-5,7-9H2,1-2H3,(H,17,19). The molecule has 1 N–H and O–H groups in total. The lowest BCUT2D eigenvalue weighted by molar-refractivity contribution is -0.160. The van der Waals surface area contributed by atoms with Gasteiger partial charge in [-0.2, -0.15) is 11.3 Å². The number of nitrogens with zero attached hydrogens (tertiary/aromatic N) is 1. The van der Waals surface area contributed by atoms with Gasteiger partial charge in [0, 0.05) is 6.54 Å². The van der Waals surface area contributed by atoms with Gasteiger partial charge in [0.25, 0.3) is 0 Å². The SMILES string of the molecule is CC1(C)C(=O)NC2(CCCC2)C(=O)N1CCc1ccsc1. The molecule has 1 aliphatic carbocycles. The van der Waals surface area contributed by atoms with Gasteiger partial charge in [0.2, 0.25) is 11.8 Å². The van der Waals surface area contributed by atoms with E-state index in [0.29, 0.717) is 6.54 Å². The summed E-state index contributed by atoms with van der Waals surface area (Å²) in [6.45, 7) is 4.29. The van der Waals surface area contributed by atoms with E-state index in [9.17, 15) is 9.59 Å². The fourth-order valence-corrected chi connectivity index (χ4v) is 4.14. The molecule has 4 nitrogen and oxygen atoms in total. The van der Waals surface area contributed by atoms with Crippen molar-refractivity contribution in [1.82, 2.24) is 10.2 Å². The van der Waals surface area contributed by atoms with Crippen LogP contribution in [0.15, 0.2) is 16.8 Å². The van der Waals surface area contributed by atoms with Crippen LogP contribution < -0.4 is 5.32 Å². The van der Waals surface area contributed by atoms with Gasteiger partial charge in [-0.1, -0.05) is 12.8 Å². The predicted octanol–water partition coefficient (Wildman–Crippen LogP) is 2.34. The highest BCUT2D eigenvalue weighted by Gasteiger charge is 2.55. The third-order valence-electron chi connectivity index (χ3n) is 4.90. The molecule has 1 spiro atoms. The van der Waals surface area contributed by atoms with Gasteiger partial charge in [0.1, 0.15) is 11.1 Å². The van der Waals surface area contributed by atoms with Crippen molar-refractivity contribution in [2.45, 2.75) is 57.0 Å². The van der Waals surface area contributed by atoms with Crippen molar-refractivity contribution in [3.05, 3.63) is 22.4 Å². The Balaban J connectivity index is 1.83. The average Bonchev–Trinajstić information content (AvgIpc) is 3.09. The van der Waals surface area contributed by atoms with Crippen molar-refractivity contribution in [1.29, 1.82) is 0 Å². The topological polar surface area (TPSA) is 49.4 Å². The third kappa shape index (κ3) is 2.37. The summed E-state index contributed by atoms with van der Waals surface area (Å²) in [6, 6.07) is 2.08. The van der Waals surface area contributed by atoms with Gasteiger partial charge < -0.3 is 10.2 Å². The van der Waals surface area contributed by atoms with Gasteiger partial charge >= 0.3 is 0 Å². The van der Waals surface area contributed by atoms with Crippen LogP contribution in [0.4, 0.5) is 0 Å². The first-order chi connectivity index (χ1) is 9.96. The molecule has 114 valence electrons. The summed E-state index contributed by atoms with van der Waals surface area (Å²) < 4.78 is 0. The van der Waals surface area contributed by atoms with Gasteiger partial charge in [-0.15, -0.1) is 0 Å². The van der Waals surface area contributed by atoms with Crippen LogP contribution in [0.25, 0.3) is 0 Å². The third-order valence-corrected chi connectivity index (χ3v) is 5.63. The van der Waals surface area contributed by atoms with Crippen molar-refractivity contribution in [3.8, 4) is 0 Å². The Morgan fingerprint density at radius 2 is 2.00 bits per heavy atom. The van der Waals surface area contributed by atoms with Crippen molar-refractivity contribution >= 4 is 23.2 Å². The summed E-state index contributed by atoms with van der Waals surface area (Å²) in [5.41, 5.74) is -0.155. The van der Waals surface area contributed by atoms with Gasteiger partial charge in [-0.3, -0.25) is 9.59 Å². The van der Waals surface area contributed by atoms with Crippen LogP contribution in [0, 0.1) is 0 Å². The lowest BCUT2D eigenvalue weighted by Crippen LogP contribution is -2.73. The molecule has 1 aliphatic heterocycles. The zero-order valence-corrected chi connectivity index (χ0v) is 13.5. The molecule has 1 aromatic heterocycles. The number of amides is 2. The molecule has 2 heterocycles. The first-order valence-corrected chi connectivity index (χ1v) is 8.56. The molecule has 0 bridgehead atoms. The average molecular weight is 306 g/mol. The van der Waals surface area contributed by atoms with Crippen LogP contribution in [-0.4, -0.2) is 34.3 Å². The zero-order chi connectivity index (χ0) is 15.1. The van der Waals surface area contributed by atoms with Crippen molar-refractivity contribution in [2.24, 2.45) is 0 Å². The minimum atomic E-state index is -0.763. The molecule has 2 fully saturated rings. The Morgan fingerprint density at radius 3 is 2.62 bits per heavy atom. The molecule has 2 amide bonds. The Kier molecular flexibility index (Phi) is 3.56. The van der Waals surface area contributed by atoms with Gasteiger partial charge in [0.15, 0.2) is 0 Å². The van der Waals surface area contributed by atoms with Crippen LogP contribution in [-0.2, 0) is 16.0 Å². The van der Waals surface area contributed by atoms with E-state index < -0.39 is 11.1 Å². The second-order valence-electron chi connectivity index (χ2n) is 6.64. The van der Waals surface area contributed by atoms with Crippen molar-refractivity contribution < 1.29 is 9.59 Å². The molecule has 0 aromatic carbocycles. The summed E-state index contributed by atoms with van der Waals surface area (Å²) in [5, 5.41) is 7.18. The summed E-state index contributed by atoms with van der Waals surface area (Å²) >= 11 is 1.66. The van der Waals surface area contributed by atoms with Crippen LogP contribution in [0.1, 0.15) is 45.1 Å². The normalized spacial score (nSPS) is 23.6. The van der Waals surface area contributed by atoms with Crippen LogP contribution in [0.2, 0.25) is 0 Å². The van der Waals surface area contributed by atoms with E-state index in [0.717, 1.165) is 32.1 Å². The minimum absolute atomic E-state index is 0.0191. The van der Waals surface area contributed by atoms with Crippen molar-refractivity contribution in [3.63, 3.8) is 0 Å². The highest BCUT2D eigenvalue weighted by Crippen LogP contribution is 2.37. The quantitative estimate of drug-likeness (QED) is 0.932. The zero-order valence-electron chi connectivity index (χ0n) is 12.6. The molecule has 0 unspecified atom stereocenters. The molecule has 1 saturated heterocycles. The Bertz CT molecular complexity index is 545. The number of piperazine rings is 1. The monoisotopic (exact) mass is 306 g/mol. The van der Waals surface area contributed by atoms with E-state index in [-0.39, 0.29) is 11.8 Å². The number of hydrogen-bond donors (Lipinski definition) is 1. The molecule has 21 heavy (non-hydrogen) atoms. The Hall–Kier alpha value is -1.36. The first-order valence-electron chi connectivity index (χ1n) is 7.61. The number of thiophene rings is 1. The maximum atomic E-state index is 13.0. The molecule has 1 saturated carbocycles. The van der Waals surface area contributed by atoms with E-state index >= 15 is 0 Å². The summed E-state index contributed by atoms with van der Waals surface area (Å²) in [6.07, 6.45) is 4.41. The van der Waals surface area contributed by atoms with Gasteiger partial charge in [0.05, 0.1) is 0 Å². The van der Waals surface area contributed by atoms with Gasteiger partial charge in [-0.05, 0) is 55.5 Å². The van der Waals surface area contributed by atoms with E-state index in [4.69, 9.17) is 0 Å². The maximum Gasteiger partial charge on any atom is 0.249 e. The van der Waals surface area contributed by atoms with E-state index in [1.165, 1.54) is 5.56 Å². The fourth-order valence-electron chi connectivity index (χ4n) is 3.43.